The first-order valence-corrected chi connectivity index (χ1v) is 6.85. The Labute approximate surface area is 109 Å². The van der Waals surface area contributed by atoms with Crippen molar-refractivity contribution in [3.63, 3.8) is 0 Å². The number of benzene rings is 1. The molecule has 0 saturated heterocycles. The summed E-state index contributed by atoms with van der Waals surface area (Å²) in [6, 6.07) is 3.49. The molecule has 2 aromatic rings. The summed E-state index contributed by atoms with van der Waals surface area (Å²) in [7, 11) is -2.12. The average molecular weight is 285 g/mol. The van der Waals surface area contributed by atoms with E-state index >= 15 is 0 Å². The van der Waals surface area contributed by atoms with Crippen molar-refractivity contribution in [2.24, 2.45) is 7.05 Å². The van der Waals surface area contributed by atoms with Crippen molar-refractivity contribution in [3.05, 3.63) is 35.4 Å². The summed E-state index contributed by atoms with van der Waals surface area (Å²) in [6.07, 6.45) is 0. The van der Waals surface area contributed by atoms with E-state index in [1.165, 1.54) is 23.7 Å². The molecule has 0 fully saturated rings. The summed E-state index contributed by atoms with van der Waals surface area (Å²) in [6.45, 7) is 1.49. The number of hydrogen-bond acceptors (Lipinski definition) is 5. The van der Waals surface area contributed by atoms with Crippen LogP contribution in [-0.4, -0.2) is 28.6 Å². The average Bonchev–Trinajstić information content (AvgIpc) is 2.72. The fourth-order valence-corrected chi connectivity index (χ4v) is 2.75. The Kier molecular flexibility index (Phi) is 3.58. The number of hydrogen-bond donors (Lipinski definition) is 1. The van der Waals surface area contributed by atoms with Gasteiger partial charge in [-0.3, -0.25) is 0 Å². The van der Waals surface area contributed by atoms with Crippen LogP contribution in [0, 0.1) is 12.7 Å². The predicted octanol–water partition coefficient (Wildman–Crippen LogP) is 0.136. The molecule has 2 rings (SSSR count). The SMILES string of the molecule is Cc1cc(F)ccc1S(=O)(=O)NCc1nnnn1C. The molecule has 1 heterocycles. The third-order valence-electron chi connectivity index (χ3n) is 2.55. The van der Waals surface area contributed by atoms with Gasteiger partial charge in [-0.15, -0.1) is 5.10 Å². The maximum Gasteiger partial charge on any atom is 0.241 e. The van der Waals surface area contributed by atoms with E-state index in [1.807, 2.05) is 0 Å². The molecular formula is C10H12FN5O2S. The van der Waals surface area contributed by atoms with Gasteiger partial charge in [-0.1, -0.05) is 0 Å². The molecular weight excluding hydrogens is 273 g/mol. The first kappa shape index (κ1) is 13.6. The molecule has 9 heteroatoms. The van der Waals surface area contributed by atoms with Gasteiger partial charge in [0.1, 0.15) is 5.82 Å². The number of sulfonamides is 1. The van der Waals surface area contributed by atoms with E-state index in [0.717, 1.165) is 6.07 Å². The van der Waals surface area contributed by atoms with Crippen molar-refractivity contribution in [1.82, 2.24) is 24.9 Å². The molecule has 1 aromatic heterocycles. The molecule has 7 nitrogen and oxygen atoms in total. The molecule has 0 amide bonds. The van der Waals surface area contributed by atoms with Crippen LogP contribution in [0.25, 0.3) is 0 Å². The minimum atomic E-state index is -3.73. The normalized spacial score (nSPS) is 11.7. The van der Waals surface area contributed by atoms with Gasteiger partial charge in [0.2, 0.25) is 10.0 Å². The number of nitrogens with one attached hydrogen (secondary N) is 1. The van der Waals surface area contributed by atoms with Crippen LogP contribution < -0.4 is 4.72 Å². The third kappa shape index (κ3) is 2.93. The van der Waals surface area contributed by atoms with Crippen LogP contribution in [-0.2, 0) is 23.6 Å². The first-order valence-electron chi connectivity index (χ1n) is 5.37. The highest BCUT2D eigenvalue weighted by Gasteiger charge is 2.18. The van der Waals surface area contributed by atoms with Crippen LogP contribution in [0.3, 0.4) is 0 Å². The van der Waals surface area contributed by atoms with Crippen molar-refractivity contribution in [2.75, 3.05) is 0 Å². The van der Waals surface area contributed by atoms with Crippen molar-refractivity contribution >= 4 is 10.0 Å². The molecule has 0 aliphatic heterocycles. The van der Waals surface area contributed by atoms with Gasteiger partial charge in [0, 0.05) is 7.05 Å². The lowest BCUT2D eigenvalue weighted by Gasteiger charge is -2.08. The lowest BCUT2D eigenvalue weighted by molar-refractivity contribution is 0.573. The second-order valence-corrected chi connectivity index (χ2v) is 5.69. The smallest absolute Gasteiger partial charge is 0.231 e. The van der Waals surface area contributed by atoms with Crippen LogP contribution >= 0.6 is 0 Å². The highest BCUT2D eigenvalue weighted by Crippen LogP contribution is 2.16. The zero-order valence-electron chi connectivity index (χ0n) is 10.3. The number of tetrazole rings is 1. The van der Waals surface area contributed by atoms with Crippen molar-refractivity contribution in [1.29, 1.82) is 0 Å². The Bertz CT molecular complexity index is 698. The lowest BCUT2D eigenvalue weighted by atomic mass is 10.2. The van der Waals surface area contributed by atoms with Gasteiger partial charge in [-0.2, -0.15) is 0 Å². The zero-order chi connectivity index (χ0) is 14.0. The van der Waals surface area contributed by atoms with Gasteiger partial charge >= 0.3 is 0 Å². The second-order valence-electron chi connectivity index (χ2n) is 3.95. The highest BCUT2D eigenvalue weighted by atomic mass is 32.2. The number of nitrogens with zero attached hydrogens (tertiary/aromatic N) is 4. The topological polar surface area (TPSA) is 89.8 Å². The Morgan fingerprint density at radius 3 is 2.74 bits per heavy atom. The lowest BCUT2D eigenvalue weighted by Crippen LogP contribution is -2.25. The molecule has 0 aliphatic carbocycles. The van der Waals surface area contributed by atoms with Crippen LogP contribution in [0.15, 0.2) is 23.1 Å². The molecule has 0 unspecified atom stereocenters. The van der Waals surface area contributed by atoms with Crippen molar-refractivity contribution in [2.45, 2.75) is 18.4 Å². The Hall–Kier alpha value is -1.87. The maximum atomic E-state index is 13.0. The second kappa shape index (κ2) is 5.02. The van der Waals surface area contributed by atoms with Gasteiger partial charge in [0.25, 0.3) is 0 Å². The Balaban J connectivity index is 2.21. The largest absolute Gasteiger partial charge is 0.241 e. The van der Waals surface area contributed by atoms with Crippen molar-refractivity contribution < 1.29 is 12.8 Å². The van der Waals surface area contributed by atoms with Crippen LogP contribution in [0.1, 0.15) is 11.4 Å². The van der Waals surface area contributed by atoms with Crippen LogP contribution in [0.2, 0.25) is 0 Å². The predicted molar refractivity (Wildman–Crippen MR) is 64.0 cm³/mol. The molecule has 0 aliphatic rings. The van der Waals surface area contributed by atoms with Gasteiger partial charge in [0.05, 0.1) is 11.4 Å². The minimum absolute atomic E-state index is 0.0315. The van der Waals surface area contributed by atoms with Crippen molar-refractivity contribution in [3.8, 4) is 0 Å². The van der Waals surface area contributed by atoms with Crippen LogP contribution in [0.4, 0.5) is 4.39 Å². The van der Waals surface area contributed by atoms with E-state index in [1.54, 1.807) is 7.05 Å². The quantitative estimate of drug-likeness (QED) is 0.862. The summed E-state index contributed by atoms with van der Waals surface area (Å²) in [5, 5.41) is 10.7. The number of rotatable bonds is 4. The van der Waals surface area contributed by atoms with E-state index in [0.29, 0.717) is 11.4 Å². The molecule has 0 spiro atoms. The van der Waals surface area contributed by atoms with E-state index in [9.17, 15) is 12.8 Å². The van der Waals surface area contributed by atoms with E-state index in [2.05, 4.69) is 20.2 Å². The molecule has 0 saturated carbocycles. The summed E-state index contributed by atoms with van der Waals surface area (Å²) in [4.78, 5) is 0.0315. The Morgan fingerprint density at radius 1 is 1.42 bits per heavy atom. The minimum Gasteiger partial charge on any atom is -0.231 e. The summed E-state index contributed by atoms with van der Waals surface area (Å²) < 4.78 is 40.8. The highest BCUT2D eigenvalue weighted by molar-refractivity contribution is 7.89. The fraction of sp³-hybridized carbons (Fsp3) is 0.300. The fourth-order valence-electron chi connectivity index (χ4n) is 1.55. The number of aryl methyl sites for hydroxylation is 2. The number of aromatic nitrogens is 4. The standard InChI is InChI=1S/C10H12FN5O2S/c1-7-5-8(11)3-4-9(7)19(17,18)12-6-10-13-14-15-16(10)2/h3-5,12H,6H2,1-2H3. The Morgan fingerprint density at radius 2 is 2.16 bits per heavy atom. The maximum absolute atomic E-state index is 13.0. The molecule has 0 radical (unpaired) electrons. The molecule has 0 bridgehead atoms. The number of halogens is 1. The first-order chi connectivity index (χ1) is 8.90. The van der Waals surface area contributed by atoms with E-state index in [4.69, 9.17) is 0 Å². The third-order valence-corrected chi connectivity index (χ3v) is 4.12. The molecule has 1 N–H and O–H groups in total. The van der Waals surface area contributed by atoms with Gasteiger partial charge < -0.3 is 0 Å². The van der Waals surface area contributed by atoms with Gasteiger partial charge in [-0.05, 0) is 41.1 Å². The summed E-state index contributed by atoms with van der Waals surface area (Å²) >= 11 is 0. The molecule has 102 valence electrons. The zero-order valence-corrected chi connectivity index (χ0v) is 11.1. The van der Waals surface area contributed by atoms with Crippen LogP contribution in [0.5, 0.6) is 0 Å². The van der Waals surface area contributed by atoms with E-state index < -0.39 is 15.8 Å². The van der Waals surface area contributed by atoms with E-state index in [-0.39, 0.29) is 11.4 Å². The summed E-state index contributed by atoms with van der Waals surface area (Å²) in [5.41, 5.74) is 0.337. The summed E-state index contributed by atoms with van der Waals surface area (Å²) in [5.74, 6) is -0.0997. The monoisotopic (exact) mass is 285 g/mol. The molecule has 1 aromatic carbocycles. The van der Waals surface area contributed by atoms with Gasteiger partial charge in [0.15, 0.2) is 5.82 Å². The molecule has 19 heavy (non-hydrogen) atoms. The molecule has 0 atom stereocenters. The van der Waals surface area contributed by atoms with Gasteiger partial charge in [-0.25, -0.2) is 22.2 Å².